The minimum atomic E-state index is -3.95. The summed E-state index contributed by atoms with van der Waals surface area (Å²) in [5.74, 6) is -0.119. The van der Waals surface area contributed by atoms with Gasteiger partial charge in [0.15, 0.2) is 0 Å². The fraction of sp³-hybridized carbons (Fsp3) is 0.278. The van der Waals surface area contributed by atoms with Crippen molar-refractivity contribution in [2.45, 2.75) is 24.3 Å². The van der Waals surface area contributed by atoms with E-state index in [9.17, 15) is 18.2 Å². The highest BCUT2D eigenvalue weighted by atomic mass is 32.2. The van der Waals surface area contributed by atoms with E-state index in [1.54, 1.807) is 23.1 Å². The van der Waals surface area contributed by atoms with Crippen molar-refractivity contribution in [3.63, 3.8) is 0 Å². The van der Waals surface area contributed by atoms with Crippen LogP contribution >= 0.6 is 0 Å². The van der Waals surface area contributed by atoms with E-state index in [2.05, 4.69) is 4.72 Å². The maximum Gasteiger partial charge on any atom is 0.491 e. The van der Waals surface area contributed by atoms with Gasteiger partial charge in [0.05, 0.1) is 17.9 Å². The van der Waals surface area contributed by atoms with Crippen LogP contribution in [-0.4, -0.2) is 44.5 Å². The average molecular weight is 401 g/mol. The lowest BCUT2D eigenvalue weighted by Crippen LogP contribution is -2.43. The zero-order valence-electron chi connectivity index (χ0n) is 15.1. The maximum absolute atomic E-state index is 13.0. The van der Waals surface area contributed by atoms with Crippen molar-refractivity contribution in [1.82, 2.24) is 4.90 Å². The van der Waals surface area contributed by atoms with Crippen LogP contribution in [0.2, 0.25) is 0 Å². The Hall–Kier alpha value is -2.56. The number of hydrogen-bond donors (Lipinski definition) is 3. The number of nitrogen functional groups attached to an aromatic ring is 1. The molecule has 4 N–H and O–H groups in total. The molecule has 0 atom stereocenters. The van der Waals surface area contributed by atoms with Gasteiger partial charge >= 0.3 is 7.12 Å². The van der Waals surface area contributed by atoms with E-state index in [-0.39, 0.29) is 23.8 Å². The lowest BCUT2D eigenvalue weighted by molar-refractivity contribution is -0.133. The van der Waals surface area contributed by atoms with Crippen molar-refractivity contribution in [1.29, 1.82) is 0 Å². The molecule has 2 aliphatic heterocycles. The molecular formula is C18H20BN3O5S. The molecule has 2 aliphatic rings. The minimum absolute atomic E-state index is 0.00729. The van der Waals surface area contributed by atoms with Crippen LogP contribution in [0.4, 0.5) is 11.4 Å². The third-order valence-corrected chi connectivity index (χ3v) is 6.47. The summed E-state index contributed by atoms with van der Waals surface area (Å²) < 4.78 is 33.6. The third-order valence-electron chi connectivity index (χ3n) is 4.99. The maximum atomic E-state index is 13.0. The first-order valence-electron chi connectivity index (χ1n) is 8.95. The Morgan fingerprint density at radius 3 is 2.75 bits per heavy atom. The molecular weight excluding hydrogens is 381 g/mol. The number of amides is 1. The Labute approximate surface area is 163 Å². The largest absolute Gasteiger partial charge is 0.491 e. The second-order valence-corrected chi connectivity index (χ2v) is 8.61. The molecule has 8 nitrogen and oxygen atoms in total. The van der Waals surface area contributed by atoms with Crippen molar-refractivity contribution in [2.75, 3.05) is 23.5 Å². The van der Waals surface area contributed by atoms with E-state index >= 15 is 0 Å². The summed E-state index contributed by atoms with van der Waals surface area (Å²) in [6, 6.07) is 9.29. The van der Waals surface area contributed by atoms with Gasteiger partial charge in [0.1, 0.15) is 0 Å². The van der Waals surface area contributed by atoms with Gasteiger partial charge in [-0.3, -0.25) is 9.52 Å². The smallest absolute Gasteiger partial charge is 0.423 e. The number of anilines is 2. The van der Waals surface area contributed by atoms with Gasteiger partial charge in [0.2, 0.25) is 5.91 Å². The Balaban J connectivity index is 1.62. The van der Waals surface area contributed by atoms with Crippen molar-refractivity contribution in [3.05, 3.63) is 47.5 Å². The number of benzene rings is 2. The van der Waals surface area contributed by atoms with Crippen molar-refractivity contribution >= 4 is 39.9 Å². The highest BCUT2D eigenvalue weighted by molar-refractivity contribution is 7.92. The lowest BCUT2D eigenvalue weighted by atomic mass is 9.79. The molecule has 10 heteroatoms. The van der Waals surface area contributed by atoms with Gasteiger partial charge in [0.25, 0.3) is 10.0 Å². The van der Waals surface area contributed by atoms with Crippen LogP contribution < -0.4 is 15.9 Å². The second-order valence-electron chi connectivity index (χ2n) is 6.96. The summed E-state index contributed by atoms with van der Waals surface area (Å²) in [4.78, 5) is 14.0. The number of nitrogens with zero attached hydrogens (tertiary/aromatic N) is 1. The zero-order valence-corrected chi connectivity index (χ0v) is 15.9. The summed E-state index contributed by atoms with van der Waals surface area (Å²) in [5, 5.41) is 9.82. The molecule has 0 bridgehead atoms. The highest BCUT2D eigenvalue weighted by Gasteiger charge is 2.29. The lowest BCUT2D eigenvalue weighted by Gasteiger charge is -2.31. The summed E-state index contributed by atoms with van der Waals surface area (Å²) in [6.07, 6.45) is 0.932. The molecule has 4 rings (SSSR count). The minimum Gasteiger partial charge on any atom is -0.423 e. The number of sulfonamides is 1. The van der Waals surface area contributed by atoms with Gasteiger partial charge in [-0.1, -0.05) is 6.07 Å². The predicted molar refractivity (Wildman–Crippen MR) is 105 cm³/mol. The molecule has 1 saturated heterocycles. The molecule has 0 spiro atoms. The van der Waals surface area contributed by atoms with E-state index in [0.29, 0.717) is 35.5 Å². The van der Waals surface area contributed by atoms with Crippen LogP contribution in [0.5, 0.6) is 0 Å². The SMILES string of the molecule is Nc1ccc(S(=O)(=O)Nc2ccc3c(c2)B(O)OC3)c(CC(=O)N2CCC2)c1. The Bertz CT molecular complexity index is 1040. The summed E-state index contributed by atoms with van der Waals surface area (Å²) in [7, 11) is -5.02. The van der Waals surface area contributed by atoms with E-state index in [1.807, 2.05) is 0 Å². The number of hydrogen-bond acceptors (Lipinski definition) is 6. The van der Waals surface area contributed by atoms with E-state index in [1.165, 1.54) is 18.2 Å². The zero-order chi connectivity index (χ0) is 19.9. The van der Waals surface area contributed by atoms with Gasteiger partial charge < -0.3 is 20.3 Å². The molecule has 0 aliphatic carbocycles. The number of nitrogens with two attached hydrogens (primary N) is 1. The number of rotatable bonds is 5. The van der Waals surface area contributed by atoms with Crippen molar-refractivity contribution in [2.24, 2.45) is 0 Å². The molecule has 0 radical (unpaired) electrons. The standard InChI is InChI=1S/C18H20BN3O5S/c20-14-3-5-17(13(8-14)9-18(23)22-6-1-7-22)28(25,26)21-15-4-2-12-11-27-19(24)16(12)10-15/h2-5,8,10,21,24H,1,6-7,9,11,20H2. The summed E-state index contributed by atoms with van der Waals surface area (Å²) in [6.45, 7) is 1.67. The van der Waals surface area contributed by atoms with Gasteiger partial charge in [-0.15, -0.1) is 0 Å². The number of carbonyl (C=O) groups excluding carboxylic acids is 1. The van der Waals surface area contributed by atoms with Gasteiger partial charge in [0, 0.05) is 24.5 Å². The Morgan fingerprint density at radius 2 is 2.04 bits per heavy atom. The molecule has 146 valence electrons. The molecule has 0 aromatic heterocycles. The molecule has 2 heterocycles. The van der Waals surface area contributed by atoms with Gasteiger partial charge in [-0.2, -0.15) is 0 Å². The number of carbonyl (C=O) groups is 1. The molecule has 2 aromatic rings. The quantitative estimate of drug-likeness (QED) is 0.481. The first kappa shape index (κ1) is 18.8. The fourth-order valence-corrected chi connectivity index (χ4v) is 4.60. The average Bonchev–Trinajstić information content (AvgIpc) is 2.93. The third kappa shape index (κ3) is 3.58. The first-order valence-corrected chi connectivity index (χ1v) is 10.4. The molecule has 1 amide bonds. The molecule has 0 unspecified atom stereocenters. The van der Waals surface area contributed by atoms with Crippen LogP contribution in [-0.2, 0) is 32.5 Å². The van der Waals surface area contributed by atoms with Gasteiger partial charge in [-0.25, -0.2) is 8.42 Å². The van der Waals surface area contributed by atoms with E-state index in [4.69, 9.17) is 10.4 Å². The number of fused-ring (bicyclic) bond motifs is 1. The Kier molecular flexibility index (Phi) is 4.78. The van der Waals surface area contributed by atoms with Crippen LogP contribution in [0.15, 0.2) is 41.3 Å². The predicted octanol–water partition coefficient (Wildman–Crippen LogP) is 0.0621. The molecule has 28 heavy (non-hydrogen) atoms. The molecule has 1 fully saturated rings. The van der Waals surface area contributed by atoms with E-state index in [0.717, 1.165) is 12.0 Å². The van der Waals surface area contributed by atoms with E-state index < -0.39 is 17.1 Å². The molecule has 0 saturated carbocycles. The van der Waals surface area contributed by atoms with Gasteiger partial charge in [-0.05, 0) is 53.3 Å². The number of likely N-dealkylation sites (tertiary alicyclic amines) is 1. The summed E-state index contributed by atoms with van der Waals surface area (Å²) in [5.41, 5.74) is 8.21. The van der Waals surface area contributed by atoms with Crippen LogP contribution in [0.1, 0.15) is 17.5 Å². The van der Waals surface area contributed by atoms with Crippen molar-refractivity contribution < 1.29 is 22.9 Å². The number of nitrogens with one attached hydrogen (secondary N) is 1. The normalized spacial score (nSPS) is 15.9. The summed E-state index contributed by atoms with van der Waals surface area (Å²) >= 11 is 0. The highest BCUT2D eigenvalue weighted by Crippen LogP contribution is 2.24. The fourth-order valence-electron chi connectivity index (χ4n) is 3.33. The monoisotopic (exact) mass is 401 g/mol. The van der Waals surface area contributed by atoms with Crippen molar-refractivity contribution in [3.8, 4) is 0 Å². The van der Waals surface area contributed by atoms with Crippen LogP contribution in [0.3, 0.4) is 0 Å². The second kappa shape index (κ2) is 7.12. The van der Waals surface area contributed by atoms with Crippen LogP contribution in [0, 0.1) is 0 Å². The molecule has 2 aromatic carbocycles. The van der Waals surface area contributed by atoms with Crippen LogP contribution in [0.25, 0.3) is 0 Å². The first-order chi connectivity index (χ1) is 13.3. The topological polar surface area (TPSA) is 122 Å². The Morgan fingerprint density at radius 1 is 1.25 bits per heavy atom.